The Morgan fingerprint density at radius 2 is 1.89 bits per heavy atom. The smallest absolute Gasteiger partial charge is 0.148 e. The summed E-state index contributed by atoms with van der Waals surface area (Å²) in [6.45, 7) is 12.7. The zero-order valence-corrected chi connectivity index (χ0v) is 13.2. The van der Waals surface area contributed by atoms with Gasteiger partial charge in [-0.2, -0.15) is 0 Å². The molecular formula is C14H27N5. The van der Waals surface area contributed by atoms with Crippen molar-refractivity contribution in [2.24, 2.45) is 5.84 Å². The molecule has 0 fully saturated rings. The number of anilines is 2. The summed E-state index contributed by atoms with van der Waals surface area (Å²) >= 11 is 0. The van der Waals surface area contributed by atoms with E-state index in [1.54, 1.807) is 0 Å². The number of nitrogens with one attached hydrogen (secondary N) is 1. The fourth-order valence-electron chi connectivity index (χ4n) is 1.81. The van der Waals surface area contributed by atoms with Crippen molar-refractivity contribution in [1.29, 1.82) is 0 Å². The molecule has 1 unspecified atom stereocenters. The Kier molecular flexibility index (Phi) is 4.74. The van der Waals surface area contributed by atoms with E-state index in [0.717, 1.165) is 23.6 Å². The minimum absolute atomic E-state index is 0.107. The number of nitrogens with two attached hydrogens (primary N) is 1. The molecule has 5 nitrogen and oxygen atoms in total. The van der Waals surface area contributed by atoms with Crippen LogP contribution in [0, 0.1) is 6.92 Å². The van der Waals surface area contributed by atoms with Gasteiger partial charge in [-0.25, -0.2) is 15.8 Å². The molecule has 1 aromatic heterocycles. The summed E-state index contributed by atoms with van der Waals surface area (Å²) in [5.41, 5.74) is 3.56. The van der Waals surface area contributed by atoms with Gasteiger partial charge >= 0.3 is 0 Å². The molecule has 0 aliphatic rings. The van der Waals surface area contributed by atoms with Crippen LogP contribution in [0.15, 0.2) is 0 Å². The third kappa shape index (κ3) is 3.35. The maximum absolute atomic E-state index is 5.58. The van der Waals surface area contributed by atoms with Gasteiger partial charge in [0.15, 0.2) is 0 Å². The minimum atomic E-state index is -0.107. The van der Waals surface area contributed by atoms with E-state index in [4.69, 9.17) is 10.8 Å². The van der Waals surface area contributed by atoms with E-state index in [-0.39, 0.29) is 5.41 Å². The molecule has 1 heterocycles. The van der Waals surface area contributed by atoms with Crippen molar-refractivity contribution >= 4 is 11.6 Å². The molecule has 3 N–H and O–H groups in total. The largest absolute Gasteiger partial charge is 0.357 e. The van der Waals surface area contributed by atoms with Crippen LogP contribution in [0.4, 0.5) is 11.6 Å². The maximum Gasteiger partial charge on any atom is 0.148 e. The van der Waals surface area contributed by atoms with E-state index >= 15 is 0 Å². The third-order valence-corrected chi connectivity index (χ3v) is 3.51. The Morgan fingerprint density at radius 1 is 1.32 bits per heavy atom. The average molecular weight is 265 g/mol. The first-order chi connectivity index (χ1) is 8.72. The van der Waals surface area contributed by atoms with Crippen molar-refractivity contribution in [1.82, 2.24) is 9.97 Å². The molecule has 0 amide bonds. The van der Waals surface area contributed by atoms with E-state index in [2.05, 4.69) is 57.0 Å². The Hall–Kier alpha value is -1.36. The molecule has 1 atom stereocenters. The quantitative estimate of drug-likeness (QED) is 0.647. The summed E-state index contributed by atoms with van der Waals surface area (Å²) in [4.78, 5) is 11.4. The van der Waals surface area contributed by atoms with Crippen molar-refractivity contribution < 1.29 is 0 Å². The van der Waals surface area contributed by atoms with Crippen molar-refractivity contribution in [3.05, 3.63) is 11.4 Å². The Morgan fingerprint density at radius 3 is 2.32 bits per heavy atom. The summed E-state index contributed by atoms with van der Waals surface area (Å²) in [6.07, 6.45) is 1.07. The lowest BCUT2D eigenvalue weighted by molar-refractivity contribution is 0.542. The molecule has 0 saturated carbocycles. The van der Waals surface area contributed by atoms with E-state index in [1.165, 1.54) is 0 Å². The summed E-state index contributed by atoms with van der Waals surface area (Å²) in [7, 11) is 2.07. The van der Waals surface area contributed by atoms with Crippen molar-refractivity contribution in [2.75, 3.05) is 17.4 Å². The molecule has 0 radical (unpaired) electrons. The van der Waals surface area contributed by atoms with Crippen LogP contribution < -0.4 is 16.2 Å². The van der Waals surface area contributed by atoms with Gasteiger partial charge in [0.25, 0.3) is 0 Å². The highest BCUT2D eigenvalue weighted by molar-refractivity contribution is 5.58. The molecule has 5 heteroatoms. The monoisotopic (exact) mass is 265 g/mol. The molecule has 0 aromatic carbocycles. The van der Waals surface area contributed by atoms with Crippen LogP contribution in [0.3, 0.4) is 0 Å². The molecule has 0 spiro atoms. The van der Waals surface area contributed by atoms with Crippen LogP contribution in [-0.4, -0.2) is 23.1 Å². The number of hydrogen-bond acceptors (Lipinski definition) is 5. The zero-order chi connectivity index (χ0) is 14.8. The predicted molar refractivity (Wildman–Crippen MR) is 81.4 cm³/mol. The Balaban J connectivity index is 3.37. The van der Waals surface area contributed by atoms with Crippen LogP contribution in [0.2, 0.25) is 0 Å². The first kappa shape index (κ1) is 15.7. The van der Waals surface area contributed by atoms with E-state index in [9.17, 15) is 0 Å². The minimum Gasteiger partial charge on any atom is -0.357 e. The summed E-state index contributed by atoms with van der Waals surface area (Å²) in [5, 5.41) is 0. The van der Waals surface area contributed by atoms with Crippen molar-refractivity contribution in [2.45, 2.75) is 59.4 Å². The fourth-order valence-corrected chi connectivity index (χ4v) is 1.81. The number of hydrazine groups is 1. The highest BCUT2D eigenvalue weighted by atomic mass is 15.3. The van der Waals surface area contributed by atoms with E-state index in [1.807, 2.05) is 6.92 Å². The van der Waals surface area contributed by atoms with Crippen LogP contribution in [0.5, 0.6) is 0 Å². The lowest BCUT2D eigenvalue weighted by Gasteiger charge is -2.29. The van der Waals surface area contributed by atoms with Crippen LogP contribution in [-0.2, 0) is 5.41 Å². The van der Waals surface area contributed by atoms with Gasteiger partial charge in [-0.3, -0.25) is 0 Å². The second-order valence-electron chi connectivity index (χ2n) is 6.11. The van der Waals surface area contributed by atoms with E-state index < -0.39 is 0 Å². The second kappa shape index (κ2) is 5.74. The highest BCUT2D eigenvalue weighted by Gasteiger charge is 2.23. The lowest BCUT2D eigenvalue weighted by Crippen LogP contribution is -2.31. The number of hydrogen-bond donors (Lipinski definition) is 2. The summed E-state index contributed by atoms with van der Waals surface area (Å²) in [6, 6.07) is 0.423. The molecule has 108 valence electrons. The fraction of sp³-hybridized carbons (Fsp3) is 0.714. The molecule has 0 bridgehead atoms. The second-order valence-corrected chi connectivity index (χ2v) is 6.11. The van der Waals surface area contributed by atoms with Crippen LogP contribution in [0.1, 0.15) is 52.4 Å². The zero-order valence-electron chi connectivity index (χ0n) is 13.2. The Bertz CT molecular complexity index is 436. The lowest BCUT2D eigenvalue weighted by atomic mass is 9.95. The molecule has 19 heavy (non-hydrogen) atoms. The van der Waals surface area contributed by atoms with E-state index in [0.29, 0.717) is 11.9 Å². The number of nitrogen functional groups attached to an aromatic ring is 1. The van der Waals surface area contributed by atoms with Gasteiger partial charge < -0.3 is 10.3 Å². The predicted octanol–water partition coefficient (Wildman–Crippen LogP) is 2.60. The third-order valence-electron chi connectivity index (χ3n) is 3.51. The van der Waals surface area contributed by atoms with Gasteiger partial charge in [-0.1, -0.05) is 27.7 Å². The highest BCUT2D eigenvalue weighted by Crippen LogP contribution is 2.28. The summed E-state index contributed by atoms with van der Waals surface area (Å²) < 4.78 is 0. The molecule has 0 aliphatic carbocycles. The van der Waals surface area contributed by atoms with Crippen molar-refractivity contribution in [3.63, 3.8) is 0 Å². The normalized spacial score (nSPS) is 13.3. The number of rotatable bonds is 4. The summed E-state index contributed by atoms with van der Waals surface area (Å²) in [5.74, 6) is 8.03. The first-order valence-electron chi connectivity index (χ1n) is 6.80. The van der Waals surface area contributed by atoms with Gasteiger partial charge in [0, 0.05) is 24.1 Å². The number of aromatic nitrogens is 2. The van der Waals surface area contributed by atoms with Gasteiger partial charge in [0.05, 0.1) is 0 Å². The topological polar surface area (TPSA) is 67.1 Å². The average Bonchev–Trinajstić information content (AvgIpc) is 2.35. The molecule has 0 aliphatic heterocycles. The molecular weight excluding hydrogens is 238 g/mol. The SMILES string of the molecule is CCC(C)N(C)c1nc(C(C)(C)C)nc(NN)c1C. The molecule has 1 rings (SSSR count). The standard InChI is InChI=1S/C14H27N5/c1-8-9(2)19(7)12-10(3)11(18-15)16-13(17-12)14(4,5)6/h9H,8,15H2,1-7H3,(H,16,17,18). The van der Waals surface area contributed by atoms with Gasteiger partial charge in [0.1, 0.15) is 17.5 Å². The van der Waals surface area contributed by atoms with Crippen molar-refractivity contribution in [3.8, 4) is 0 Å². The Labute approximate surface area is 116 Å². The van der Waals surface area contributed by atoms with Crippen LogP contribution >= 0.6 is 0 Å². The van der Waals surface area contributed by atoms with Crippen LogP contribution in [0.25, 0.3) is 0 Å². The first-order valence-corrected chi connectivity index (χ1v) is 6.80. The molecule has 0 saturated heterocycles. The number of nitrogens with zero attached hydrogens (tertiary/aromatic N) is 3. The van der Waals surface area contributed by atoms with Gasteiger partial charge in [0.2, 0.25) is 0 Å². The maximum atomic E-state index is 5.58. The van der Waals surface area contributed by atoms with Gasteiger partial charge in [-0.05, 0) is 20.3 Å². The van der Waals surface area contributed by atoms with Gasteiger partial charge in [-0.15, -0.1) is 0 Å². The molecule has 1 aromatic rings.